The molecule has 2 atom stereocenters. The van der Waals surface area contributed by atoms with E-state index in [0.29, 0.717) is 23.4 Å². The Bertz CT molecular complexity index is 729. The van der Waals surface area contributed by atoms with Gasteiger partial charge in [-0.05, 0) is 18.6 Å². The van der Waals surface area contributed by atoms with E-state index in [1.165, 1.54) is 5.56 Å². The molecular formula is C17H19ClN4O. The van der Waals surface area contributed by atoms with Crippen LogP contribution in [0.2, 0.25) is 5.02 Å². The number of carbonyl (C=O) groups is 1. The maximum absolute atomic E-state index is 11.5. The standard InChI is InChI=1S/C17H19ClN4O/c18-14-3-1-2-4-16(14)22-10-12(8-19-22)9-21-6-5-15-13(11-21)7-17(23)20-15/h1-4,8,10,13,15H,5-7,9,11H2,(H,20,23)/t13-,15+/m1/s1. The van der Waals surface area contributed by atoms with E-state index in [2.05, 4.69) is 15.3 Å². The Labute approximate surface area is 140 Å². The maximum Gasteiger partial charge on any atom is 0.220 e. The predicted octanol–water partition coefficient (Wildman–Crippen LogP) is 2.24. The summed E-state index contributed by atoms with van der Waals surface area (Å²) in [5, 5.41) is 8.20. The monoisotopic (exact) mass is 330 g/mol. The Hall–Kier alpha value is -1.85. The van der Waals surface area contributed by atoms with Crippen LogP contribution in [0.1, 0.15) is 18.4 Å². The van der Waals surface area contributed by atoms with Crippen molar-refractivity contribution in [3.05, 3.63) is 47.2 Å². The van der Waals surface area contributed by atoms with Gasteiger partial charge < -0.3 is 5.32 Å². The van der Waals surface area contributed by atoms with Gasteiger partial charge in [0.15, 0.2) is 0 Å². The van der Waals surface area contributed by atoms with Crippen LogP contribution < -0.4 is 5.32 Å². The molecule has 0 unspecified atom stereocenters. The number of benzene rings is 1. The molecule has 0 saturated carbocycles. The van der Waals surface area contributed by atoms with Gasteiger partial charge in [0.1, 0.15) is 0 Å². The number of carbonyl (C=O) groups excluding carboxylic acids is 1. The number of aromatic nitrogens is 2. The second-order valence-corrected chi connectivity index (χ2v) is 6.81. The van der Waals surface area contributed by atoms with E-state index in [9.17, 15) is 4.79 Å². The number of hydrogen-bond donors (Lipinski definition) is 1. The highest BCUT2D eigenvalue weighted by Gasteiger charge is 2.36. The van der Waals surface area contributed by atoms with Crippen LogP contribution in [0.5, 0.6) is 0 Å². The highest BCUT2D eigenvalue weighted by atomic mass is 35.5. The van der Waals surface area contributed by atoms with Gasteiger partial charge in [-0.15, -0.1) is 0 Å². The molecule has 2 fully saturated rings. The number of fused-ring (bicyclic) bond motifs is 1. The molecule has 2 aliphatic rings. The van der Waals surface area contributed by atoms with Gasteiger partial charge in [-0.25, -0.2) is 4.68 Å². The first-order valence-electron chi connectivity index (χ1n) is 7.99. The molecule has 0 radical (unpaired) electrons. The average Bonchev–Trinajstić information content (AvgIpc) is 3.13. The summed E-state index contributed by atoms with van der Waals surface area (Å²) in [6, 6.07) is 8.08. The summed E-state index contributed by atoms with van der Waals surface area (Å²) in [6.45, 7) is 2.85. The van der Waals surface area contributed by atoms with Crippen LogP contribution in [0.15, 0.2) is 36.7 Å². The van der Waals surface area contributed by atoms with Crippen molar-refractivity contribution >= 4 is 17.5 Å². The van der Waals surface area contributed by atoms with Crippen LogP contribution in [0, 0.1) is 5.92 Å². The maximum atomic E-state index is 11.5. The lowest BCUT2D eigenvalue weighted by molar-refractivity contribution is -0.119. The summed E-state index contributed by atoms with van der Waals surface area (Å²) in [5.41, 5.74) is 2.06. The lowest BCUT2D eigenvalue weighted by Crippen LogP contribution is -2.44. The molecule has 0 spiro atoms. The topological polar surface area (TPSA) is 50.2 Å². The van der Waals surface area contributed by atoms with Crippen LogP contribution in [0.25, 0.3) is 5.69 Å². The number of rotatable bonds is 3. The molecule has 1 aromatic heterocycles. The van der Waals surface area contributed by atoms with Gasteiger partial charge in [-0.2, -0.15) is 5.10 Å². The van der Waals surface area contributed by atoms with Crippen molar-refractivity contribution in [2.75, 3.05) is 13.1 Å². The quantitative estimate of drug-likeness (QED) is 0.939. The molecule has 2 aromatic rings. The number of amides is 1. The number of nitrogens with one attached hydrogen (secondary N) is 1. The fourth-order valence-corrected chi connectivity index (χ4v) is 3.84. The van der Waals surface area contributed by atoms with E-state index in [4.69, 9.17) is 11.6 Å². The lowest BCUT2D eigenvalue weighted by atomic mass is 9.93. The summed E-state index contributed by atoms with van der Waals surface area (Å²) in [6.07, 6.45) is 5.63. The number of piperidine rings is 1. The van der Waals surface area contributed by atoms with E-state index in [0.717, 1.165) is 31.7 Å². The van der Waals surface area contributed by atoms with Crippen molar-refractivity contribution < 1.29 is 4.79 Å². The van der Waals surface area contributed by atoms with Gasteiger partial charge >= 0.3 is 0 Å². The third-order valence-electron chi connectivity index (χ3n) is 4.75. The van der Waals surface area contributed by atoms with Crippen LogP contribution in [0.4, 0.5) is 0 Å². The van der Waals surface area contributed by atoms with E-state index < -0.39 is 0 Å². The first-order chi connectivity index (χ1) is 11.2. The van der Waals surface area contributed by atoms with Gasteiger partial charge in [0, 0.05) is 49.8 Å². The highest BCUT2D eigenvalue weighted by molar-refractivity contribution is 6.32. The van der Waals surface area contributed by atoms with Crippen molar-refractivity contribution in [2.24, 2.45) is 5.92 Å². The molecular weight excluding hydrogens is 312 g/mol. The summed E-state index contributed by atoms with van der Waals surface area (Å²) in [4.78, 5) is 13.9. The predicted molar refractivity (Wildman–Crippen MR) is 88.5 cm³/mol. The van der Waals surface area contributed by atoms with E-state index in [-0.39, 0.29) is 5.91 Å². The molecule has 0 aliphatic carbocycles. The lowest BCUT2D eigenvalue weighted by Gasteiger charge is -2.33. The van der Waals surface area contributed by atoms with Crippen molar-refractivity contribution in [3.8, 4) is 5.69 Å². The first kappa shape index (κ1) is 14.7. The molecule has 6 heteroatoms. The summed E-state index contributed by atoms with van der Waals surface area (Å²) < 4.78 is 1.82. The van der Waals surface area contributed by atoms with Crippen LogP contribution in [0.3, 0.4) is 0 Å². The largest absolute Gasteiger partial charge is 0.353 e. The SMILES string of the molecule is O=C1C[C@@H]2CN(Cc3cnn(-c4ccccc4Cl)c3)CC[C@@H]2N1. The van der Waals surface area contributed by atoms with Crippen molar-refractivity contribution in [1.82, 2.24) is 20.0 Å². The summed E-state index contributed by atoms with van der Waals surface area (Å²) in [5.74, 6) is 0.656. The van der Waals surface area contributed by atoms with Crippen LogP contribution >= 0.6 is 11.6 Å². The Morgan fingerprint density at radius 2 is 2.22 bits per heavy atom. The number of halogens is 1. The number of hydrogen-bond acceptors (Lipinski definition) is 3. The van der Waals surface area contributed by atoms with Gasteiger partial charge in [0.05, 0.1) is 16.9 Å². The molecule has 2 aliphatic heterocycles. The minimum Gasteiger partial charge on any atom is -0.353 e. The average molecular weight is 331 g/mol. The van der Waals surface area contributed by atoms with E-state index in [1.54, 1.807) is 0 Å². The Balaban J connectivity index is 1.44. The molecule has 3 heterocycles. The molecule has 0 bridgehead atoms. The number of nitrogens with zero attached hydrogens (tertiary/aromatic N) is 3. The molecule has 2 saturated heterocycles. The minimum atomic E-state index is 0.202. The van der Waals surface area contributed by atoms with E-state index in [1.807, 2.05) is 41.3 Å². The molecule has 23 heavy (non-hydrogen) atoms. The summed E-state index contributed by atoms with van der Waals surface area (Å²) >= 11 is 6.22. The van der Waals surface area contributed by atoms with Crippen molar-refractivity contribution in [3.63, 3.8) is 0 Å². The van der Waals surface area contributed by atoms with Crippen LogP contribution in [-0.2, 0) is 11.3 Å². The van der Waals surface area contributed by atoms with E-state index >= 15 is 0 Å². The Kier molecular flexibility index (Phi) is 3.83. The fraction of sp³-hybridized carbons (Fsp3) is 0.412. The third kappa shape index (κ3) is 2.99. The molecule has 1 amide bonds. The normalized spacial score (nSPS) is 24.5. The second-order valence-electron chi connectivity index (χ2n) is 6.41. The highest BCUT2D eigenvalue weighted by Crippen LogP contribution is 2.26. The Morgan fingerprint density at radius 3 is 3.09 bits per heavy atom. The smallest absolute Gasteiger partial charge is 0.220 e. The molecule has 5 nitrogen and oxygen atoms in total. The summed E-state index contributed by atoms with van der Waals surface area (Å²) in [7, 11) is 0. The van der Waals surface area contributed by atoms with Crippen molar-refractivity contribution in [2.45, 2.75) is 25.4 Å². The van der Waals surface area contributed by atoms with Gasteiger partial charge in [0.25, 0.3) is 0 Å². The second kappa shape index (κ2) is 5.98. The zero-order valence-electron chi connectivity index (χ0n) is 12.8. The number of para-hydroxylation sites is 1. The minimum absolute atomic E-state index is 0.202. The zero-order chi connectivity index (χ0) is 15.8. The van der Waals surface area contributed by atoms with Gasteiger partial charge in [0.2, 0.25) is 5.91 Å². The van der Waals surface area contributed by atoms with Crippen LogP contribution in [-0.4, -0.2) is 39.7 Å². The van der Waals surface area contributed by atoms with Crippen molar-refractivity contribution in [1.29, 1.82) is 0 Å². The molecule has 1 aromatic carbocycles. The zero-order valence-corrected chi connectivity index (χ0v) is 13.5. The number of likely N-dealkylation sites (tertiary alicyclic amines) is 1. The molecule has 1 N–H and O–H groups in total. The Morgan fingerprint density at radius 1 is 1.35 bits per heavy atom. The molecule has 120 valence electrons. The molecule has 4 rings (SSSR count). The van der Waals surface area contributed by atoms with Gasteiger partial charge in [-0.1, -0.05) is 23.7 Å². The fourth-order valence-electron chi connectivity index (χ4n) is 3.62. The third-order valence-corrected chi connectivity index (χ3v) is 5.07. The van der Waals surface area contributed by atoms with Gasteiger partial charge in [-0.3, -0.25) is 9.69 Å². The first-order valence-corrected chi connectivity index (χ1v) is 8.37.